The van der Waals surface area contributed by atoms with E-state index in [-0.39, 0.29) is 5.97 Å². The largest absolute Gasteiger partial charge is 0.465 e. The Bertz CT molecular complexity index is 491. The molecule has 20 heavy (non-hydrogen) atoms. The van der Waals surface area contributed by atoms with E-state index in [4.69, 9.17) is 4.74 Å². The molecule has 0 amide bonds. The Balaban J connectivity index is 3.01. The van der Waals surface area contributed by atoms with Gasteiger partial charge >= 0.3 is 11.9 Å². The number of methoxy groups -OCH3 is 1. The van der Waals surface area contributed by atoms with Crippen LogP contribution in [0.4, 0.5) is 0 Å². The lowest BCUT2D eigenvalue weighted by Crippen LogP contribution is -2.33. The van der Waals surface area contributed by atoms with Gasteiger partial charge in [0.1, 0.15) is 11.6 Å². The van der Waals surface area contributed by atoms with Crippen LogP contribution in [0.5, 0.6) is 0 Å². The molecule has 0 spiro atoms. The van der Waals surface area contributed by atoms with Crippen LogP contribution in [0.2, 0.25) is 0 Å². The molecule has 5 nitrogen and oxygen atoms in total. The van der Waals surface area contributed by atoms with Gasteiger partial charge in [-0.1, -0.05) is 12.1 Å². The summed E-state index contributed by atoms with van der Waals surface area (Å²) in [5.41, 5.74) is 0.491. The quantitative estimate of drug-likeness (QED) is 0.855. The Morgan fingerprint density at radius 2 is 1.90 bits per heavy atom. The molecule has 0 aliphatic heterocycles. The van der Waals surface area contributed by atoms with Crippen LogP contribution in [-0.4, -0.2) is 31.7 Å². The molecule has 0 aromatic heterocycles. The van der Waals surface area contributed by atoms with Gasteiger partial charge in [0, 0.05) is 0 Å². The number of benzene rings is 1. The number of ether oxygens (including phenoxy) is 2. The summed E-state index contributed by atoms with van der Waals surface area (Å²) in [4.78, 5) is 23.7. The Kier molecular flexibility index (Phi) is 5.27. The fraction of sp³-hybridized carbons (Fsp3) is 0.467. The molecule has 0 bridgehead atoms. The molecule has 0 fully saturated rings. The molecule has 1 unspecified atom stereocenters. The van der Waals surface area contributed by atoms with Gasteiger partial charge < -0.3 is 14.8 Å². The van der Waals surface area contributed by atoms with E-state index in [1.807, 2.05) is 20.8 Å². The molecule has 1 aromatic carbocycles. The smallest absolute Gasteiger partial charge is 0.337 e. The minimum atomic E-state index is -0.626. The van der Waals surface area contributed by atoms with Crippen LogP contribution < -0.4 is 5.32 Å². The van der Waals surface area contributed by atoms with Gasteiger partial charge in [0.2, 0.25) is 0 Å². The Morgan fingerprint density at radius 1 is 1.25 bits per heavy atom. The molecule has 0 heterocycles. The van der Waals surface area contributed by atoms with Gasteiger partial charge in [0.15, 0.2) is 0 Å². The second kappa shape index (κ2) is 6.52. The lowest BCUT2D eigenvalue weighted by molar-refractivity contribution is -0.157. The summed E-state index contributed by atoms with van der Waals surface area (Å²) >= 11 is 0. The van der Waals surface area contributed by atoms with E-state index in [0.29, 0.717) is 11.1 Å². The lowest BCUT2D eigenvalue weighted by atomic mass is 10.0. The van der Waals surface area contributed by atoms with E-state index in [2.05, 4.69) is 10.1 Å². The summed E-state index contributed by atoms with van der Waals surface area (Å²) < 4.78 is 10.0. The zero-order chi connectivity index (χ0) is 15.3. The predicted octanol–water partition coefficient (Wildman–Crippen LogP) is 2.08. The molecule has 0 saturated carbocycles. The number of likely N-dealkylation sites (N-methyl/N-ethyl adjacent to an activating group) is 1. The summed E-state index contributed by atoms with van der Waals surface area (Å²) in [7, 11) is 2.98. The third kappa shape index (κ3) is 4.35. The van der Waals surface area contributed by atoms with Crippen molar-refractivity contribution in [2.75, 3.05) is 14.2 Å². The first-order valence-electron chi connectivity index (χ1n) is 6.37. The predicted molar refractivity (Wildman–Crippen MR) is 75.4 cm³/mol. The van der Waals surface area contributed by atoms with Crippen molar-refractivity contribution in [1.82, 2.24) is 5.32 Å². The Morgan fingerprint density at radius 3 is 2.40 bits per heavy atom. The maximum atomic E-state index is 12.1. The molecule has 0 aliphatic rings. The van der Waals surface area contributed by atoms with Gasteiger partial charge in [-0.15, -0.1) is 0 Å². The highest BCUT2D eigenvalue weighted by Crippen LogP contribution is 2.19. The molecule has 1 atom stereocenters. The van der Waals surface area contributed by atoms with Gasteiger partial charge in [-0.05, 0) is 45.5 Å². The maximum absolute atomic E-state index is 12.1. The van der Waals surface area contributed by atoms with Crippen molar-refractivity contribution >= 4 is 11.9 Å². The van der Waals surface area contributed by atoms with Crippen molar-refractivity contribution in [3.05, 3.63) is 35.4 Å². The van der Waals surface area contributed by atoms with Gasteiger partial charge in [-0.3, -0.25) is 0 Å². The fourth-order valence-electron chi connectivity index (χ4n) is 1.74. The maximum Gasteiger partial charge on any atom is 0.337 e. The van der Waals surface area contributed by atoms with Crippen molar-refractivity contribution in [2.45, 2.75) is 32.4 Å². The van der Waals surface area contributed by atoms with Gasteiger partial charge in [0.25, 0.3) is 0 Å². The van der Waals surface area contributed by atoms with E-state index < -0.39 is 17.6 Å². The SMILES string of the molecule is CNC(C(=O)OC(C)(C)C)c1cccc(C(=O)OC)c1. The molecule has 0 radical (unpaired) electrons. The number of carbonyl (C=O) groups is 2. The number of carbonyl (C=O) groups excluding carboxylic acids is 2. The van der Waals surface area contributed by atoms with Crippen LogP contribution in [-0.2, 0) is 14.3 Å². The highest BCUT2D eigenvalue weighted by Gasteiger charge is 2.25. The summed E-state index contributed by atoms with van der Waals surface area (Å²) in [5, 5.41) is 2.90. The number of esters is 2. The van der Waals surface area contributed by atoms with Crippen molar-refractivity contribution in [2.24, 2.45) is 0 Å². The molecule has 5 heteroatoms. The van der Waals surface area contributed by atoms with Gasteiger partial charge in [-0.2, -0.15) is 0 Å². The first-order chi connectivity index (χ1) is 9.28. The first-order valence-corrected chi connectivity index (χ1v) is 6.37. The van der Waals surface area contributed by atoms with Crippen LogP contribution in [0, 0.1) is 0 Å². The highest BCUT2D eigenvalue weighted by molar-refractivity contribution is 5.90. The van der Waals surface area contributed by atoms with Crippen LogP contribution >= 0.6 is 0 Å². The zero-order valence-electron chi connectivity index (χ0n) is 12.5. The monoisotopic (exact) mass is 279 g/mol. The second-order valence-electron chi connectivity index (χ2n) is 5.37. The second-order valence-corrected chi connectivity index (χ2v) is 5.37. The van der Waals surface area contributed by atoms with Crippen LogP contribution in [0.15, 0.2) is 24.3 Å². The van der Waals surface area contributed by atoms with Crippen LogP contribution in [0.1, 0.15) is 42.7 Å². The van der Waals surface area contributed by atoms with E-state index in [9.17, 15) is 9.59 Å². The molecular weight excluding hydrogens is 258 g/mol. The molecule has 1 N–H and O–H groups in total. The molecular formula is C15H21NO4. The third-order valence-electron chi connectivity index (χ3n) is 2.57. The summed E-state index contributed by atoms with van der Waals surface area (Å²) in [6.45, 7) is 5.42. The van der Waals surface area contributed by atoms with Crippen molar-refractivity contribution in [1.29, 1.82) is 0 Å². The van der Waals surface area contributed by atoms with E-state index in [1.54, 1.807) is 31.3 Å². The van der Waals surface area contributed by atoms with E-state index in [1.165, 1.54) is 7.11 Å². The number of hydrogen-bond donors (Lipinski definition) is 1. The number of hydrogen-bond acceptors (Lipinski definition) is 5. The first kappa shape index (κ1) is 16.2. The molecule has 0 saturated heterocycles. The van der Waals surface area contributed by atoms with E-state index in [0.717, 1.165) is 0 Å². The Hall–Kier alpha value is -1.88. The van der Waals surface area contributed by atoms with Gasteiger partial charge in [0.05, 0.1) is 12.7 Å². The zero-order valence-corrected chi connectivity index (χ0v) is 12.5. The standard InChI is InChI=1S/C15H21NO4/c1-15(2,3)20-14(18)12(16-4)10-7-6-8-11(9-10)13(17)19-5/h6-9,12,16H,1-5H3. The van der Waals surface area contributed by atoms with Crippen molar-refractivity contribution in [3.8, 4) is 0 Å². The Labute approximate surface area is 119 Å². The third-order valence-corrected chi connectivity index (χ3v) is 2.57. The minimum absolute atomic E-state index is 0.387. The molecule has 0 aliphatic carbocycles. The van der Waals surface area contributed by atoms with Gasteiger partial charge in [-0.25, -0.2) is 9.59 Å². The average Bonchev–Trinajstić information content (AvgIpc) is 2.37. The normalized spacial score (nSPS) is 12.7. The van der Waals surface area contributed by atoms with Crippen LogP contribution in [0.3, 0.4) is 0 Å². The van der Waals surface area contributed by atoms with Crippen LogP contribution in [0.25, 0.3) is 0 Å². The van der Waals surface area contributed by atoms with Crippen molar-refractivity contribution < 1.29 is 19.1 Å². The molecule has 1 aromatic rings. The minimum Gasteiger partial charge on any atom is -0.465 e. The topological polar surface area (TPSA) is 64.6 Å². The lowest BCUT2D eigenvalue weighted by Gasteiger charge is -2.24. The summed E-state index contributed by atoms with van der Waals surface area (Å²) in [6, 6.07) is 6.10. The molecule has 110 valence electrons. The average molecular weight is 279 g/mol. The highest BCUT2D eigenvalue weighted by atomic mass is 16.6. The molecule has 1 rings (SSSR count). The summed E-state index contributed by atoms with van der Waals surface area (Å²) in [6.07, 6.45) is 0. The fourth-order valence-corrected chi connectivity index (χ4v) is 1.74. The van der Waals surface area contributed by atoms with E-state index >= 15 is 0 Å². The summed E-state index contributed by atoms with van der Waals surface area (Å²) in [5.74, 6) is -0.826. The van der Waals surface area contributed by atoms with Crippen molar-refractivity contribution in [3.63, 3.8) is 0 Å². The number of rotatable bonds is 4. The number of nitrogens with one attached hydrogen (secondary N) is 1.